The van der Waals surface area contributed by atoms with E-state index in [9.17, 15) is 9.50 Å². The molecule has 0 aliphatic heterocycles. The number of rotatable bonds is 4. The molecule has 98 valence electrons. The Bertz CT molecular complexity index is 550. The number of hydrogen-bond acceptors (Lipinski definition) is 3. The monoisotopic (exact) mass is 251 g/mol. The summed E-state index contributed by atoms with van der Waals surface area (Å²) in [7, 11) is 0. The van der Waals surface area contributed by atoms with E-state index in [4.69, 9.17) is 5.73 Å². The lowest BCUT2D eigenvalue weighted by Gasteiger charge is -2.16. The molecule has 0 amide bonds. The summed E-state index contributed by atoms with van der Waals surface area (Å²) in [6.07, 6.45) is -0.272. The van der Waals surface area contributed by atoms with Gasteiger partial charge in [-0.25, -0.2) is 9.37 Å². The van der Waals surface area contributed by atoms with E-state index >= 15 is 0 Å². The number of aliphatic hydroxyl groups is 1. The zero-order valence-electron chi connectivity index (χ0n) is 10.6. The Labute approximate surface area is 105 Å². The lowest BCUT2D eigenvalue weighted by Crippen LogP contribution is -2.14. The highest BCUT2D eigenvalue weighted by Gasteiger charge is 2.19. The van der Waals surface area contributed by atoms with Crippen LogP contribution in [0.5, 0.6) is 0 Å². The summed E-state index contributed by atoms with van der Waals surface area (Å²) in [6.45, 7) is 4.34. The standard InChI is InChI=1S/C13H18FN3O/c1-8(2)17-11-7-9(14)3-4-10(11)16-13(17)12(18)5-6-15/h3-4,7-8,12,18H,5-6,15H2,1-2H3. The van der Waals surface area contributed by atoms with Gasteiger partial charge in [-0.1, -0.05) is 0 Å². The molecule has 2 rings (SSSR count). The van der Waals surface area contributed by atoms with E-state index in [0.29, 0.717) is 29.8 Å². The summed E-state index contributed by atoms with van der Waals surface area (Å²) in [5, 5.41) is 10.1. The van der Waals surface area contributed by atoms with Crippen molar-refractivity contribution in [2.45, 2.75) is 32.4 Å². The van der Waals surface area contributed by atoms with Gasteiger partial charge in [0, 0.05) is 6.04 Å². The normalized spacial score (nSPS) is 13.4. The number of nitrogens with zero attached hydrogens (tertiary/aromatic N) is 2. The van der Waals surface area contributed by atoms with Crippen LogP contribution in [-0.2, 0) is 0 Å². The second kappa shape index (κ2) is 5.04. The molecule has 0 saturated carbocycles. The van der Waals surface area contributed by atoms with Crippen LogP contribution >= 0.6 is 0 Å². The van der Waals surface area contributed by atoms with Crippen molar-refractivity contribution in [3.63, 3.8) is 0 Å². The number of aromatic nitrogens is 2. The van der Waals surface area contributed by atoms with E-state index in [1.807, 2.05) is 18.4 Å². The predicted octanol–water partition coefficient (Wildman–Crippen LogP) is 2.14. The van der Waals surface area contributed by atoms with Crippen molar-refractivity contribution in [3.05, 3.63) is 29.8 Å². The summed E-state index contributed by atoms with van der Waals surface area (Å²) in [6, 6.07) is 4.54. The molecular formula is C13H18FN3O. The second-order valence-electron chi connectivity index (χ2n) is 4.66. The molecule has 18 heavy (non-hydrogen) atoms. The highest BCUT2D eigenvalue weighted by atomic mass is 19.1. The Morgan fingerprint density at radius 3 is 2.78 bits per heavy atom. The molecule has 0 aliphatic rings. The zero-order valence-corrected chi connectivity index (χ0v) is 10.6. The van der Waals surface area contributed by atoms with Gasteiger partial charge < -0.3 is 15.4 Å². The maximum Gasteiger partial charge on any atom is 0.139 e. The third-order valence-corrected chi connectivity index (χ3v) is 2.93. The van der Waals surface area contributed by atoms with Crippen LogP contribution in [0.25, 0.3) is 11.0 Å². The first-order valence-electron chi connectivity index (χ1n) is 6.10. The largest absolute Gasteiger partial charge is 0.385 e. The fourth-order valence-corrected chi connectivity index (χ4v) is 2.15. The number of halogens is 1. The molecule has 3 N–H and O–H groups in total. The number of nitrogens with two attached hydrogens (primary N) is 1. The molecule has 0 aliphatic carbocycles. The van der Waals surface area contributed by atoms with Crippen molar-refractivity contribution < 1.29 is 9.50 Å². The molecule has 0 saturated heterocycles. The van der Waals surface area contributed by atoms with Crippen molar-refractivity contribution in [1.29, 1.82) is 0 Å². The summed E-state index contributed by atoms with van der Waals surface area (Å²) in [5.74, 6) is 0.250. The molecule has 0 fully saturated rings. The first kappa shape index (κ1) is 13.0. The van der Waals surface area contributed by atoms with E-state index in [2.05, 4.69) is 4.98 Å². The number of hydrogen-bond donors (Lipinski definition) is 2. The second-order valence-corrected chi connectivity index (χ2v) is 4.66. The molecule has 1 unspecified atom stereocenters. The smallest absolute Gasteiger partial charge is 0.139 e. The van der Waals surface area contributed by atoms with Crippen LogP contribution in [0.15, 0.2) is 18.2 Å². The third-order valence-electron chi connectivity index (χ3n) is 2.93. The minimum Gasteiger partial charge on any atom is -0.385 e. The topological polar surface area (TPSA) is 64.1 Å². The van der Waals surface area contributed by atoms with Crippen molar-refractivity contribution in [2.24, 2.45) is 5.73 Å². The Morgan fingerprint density at radius 2 is 2.17 bits per heavy atom. The average molecular weight is 251 g/mol. The van der Waals surface area contributed by atoms with Gasteiger partial charge in [0.1, 0.15) is 17.7 Å². The molecule has 1 heterocycles. The number of fused-ring (bicyclic) bond motifs is 1. The number of benzene rings is 1. The van der Waals surface area contributed by atoms with Gasteiger partial charge in [0.2, 0.25) is 0 Å². The first-order valence-corrected chi connectivity index (χ1v) is 6.10. The third kappa shape index (κ3) is 2.23. The Kier molecular flexibility index (Phi) is 3.63. The molecule has 1 aromatic heterocycles. The van der Waals surface area contributed by atoms with Crippen LogP contribution in [0.3, 0.4) is 0 Å². The summed E-state index contributed by atoms with van der Waals surface area (Å²) >= 11 is 0. The minimum absolute atomic E-state index is 0.0965. The van der Waals surface area contributed by atoms with Crippen LogP contribution in [-0.4, -0.2) is 21.2 Å². The van der Waals surface area contributed by atoms with Crippen molar-refractivity contribution in [1.82, 2.24) is 9.55 Å². The van der Waals surface area contributed by atoms with E-state index in [1.54, 1.807) is 6.07 Å². The van der Waals surface area contributed by atoms with Gasteiger partial charge in [-0.2, -0.15) is 0 Å². The molecule has 2 aromatic rings. The van der Waals surface area contributed by atoms with Crippen LogP contribution < -0.4 is 5.73 Å². The SMILES string of the molecule is CC(C)n1c(C(O)CCN)nc2ccc(F)cc21. The van der Waals surface area contributed by atoms with Crippen LogP contribution in [0.1, 0.15) is 38.2 Å². The van der Waals surface area contributed by atoms with Gasteiger partial charge in [0.25, 0.3) is 0 Å². The molecule has 0 radical (unpaired) electrons. The summed E-state index contributed by atoms with van der Waals surface area (Å²) in [5.41, 5.74) is 6.85. The van der Waals surface area contributed by atoms with Crippen LogP contribution in [0.2, 0.25) is 0 Å². The fourth-order valence-electron chi connectivity index (χ4n) is 2.15. The minimum atomic E-state index is -0.715. The fraction of sp³-hybridized carbons (Fsp3) is 0.462. The van der Waals surface area contributed by atoms with Gasteiger partial charge in [0.05, 0.1) is 11.0 Å². The van der Waals surface area contributed by atoms with Crippen molar-refractivity contribution >= 4 is 11.0 Å². The van der Waals surface area contributed by atoms with Crippen LogP contribution in [0.4, 0.5) is 4.39 Å². The Morgan fingerprint density at radius 1 is 1.44 bits per heavy atom. The molecule has 0 bridgehead atoms. The molecule has 0 spiro atoms. The first-order chi connectivity index (χ1) is 8.54. The quantitative estimate of drug-likeness (QED) is 0.875. The summed E-state index contributed by atoms with van der Waals surface area (Å²) < 4.78 is 15.2. The lowest BCUT2D eigenvalue weighted by atomic mass is 10.2. The maximum absolute atomic E-state index is 13.3. The molecule has 4 nitrogen and oxygen atoms in total. The molecule has 5 heteroatoms. The van der Waals surface area contributed by atoms with E-state index in [-0.39, 0.29) is 11.9 Å². The summed E-state index contributed by atoms with van der Waals surface area (Å²) in [4.78, 5) is 4.38. The van der Waals surface area contributed by atoms with E-state index < -0.39 is 6.10 Å². The van der Waals surface area contributed by atoms with Crippen LogP contribution in [0, 0.1) is 5.82 Å². The van der Waals surface area contributed by atoms with Gasteiger partial charge in [-0.3, -0.25) is 0 Å². The van der Waals surface area contributed by atoms with Gasteiger partial charge in [0.15, 0.2) is 0 Å². The molecule has 1 aromatic carbocycles. The van der Waals surface area contributed by atoms with Crippen molar-refractivity contribution in [2.75, 3.05) is 6.54 Å². The van der Waals surface area contributed by atoms with Gasteiger partial charge in [-0.15, -0.1) is 0 Å². The lowest BCUT2D eigenvalue weighted by molar-refractivity contribution is 0.155. The Balaban J connectivity index is 2.61. The van der Waals surface area contributed by atoms with Gasteiger partial charge >= 0.3 is 0 Å². The maximum atomic E-state index is 13.3. The Hall–Kier alpha value is -1.46. The highest BCUT2D eigenvalue weighted by molar-refractivity contribution is 5.76. The highest BCUT2D eigenvalue weighted by Crippen LogP contribution is 2.26. The molecule has 1 atom stereocenters. The predicted molar refractivity (Wildman–Crippen MR) is 68.7 cm³/mol. The van der Waals surface area contributed by atoms with Crippen molar-refractivity contribution in [3.8, 4) is 0 Å². The zero-order chi connectivity index (χ0) is 13.3. The average Bonchev–Trinajstić information content (AvgIpc) is 2.67. The van der Waals surface area contributed by atoms with Gasteiger partial charge in [-0.05, 0) is 45.0 Å². The van der Waals surface area contributed by atoms with E-state index in [1.165, 1.54) is 12.1 Å². The van der Waals surface area contributed by atoms with E-state index in [0.717, 1.165) is 0 Å². The molecular weight excluding hydrogens is 233 g/mol. The number of aliphatic hydroxyl groups excluding tert-OH is 1. The number of imidazole rings is 1.